The van der Waals surface area contributed by atoms with Crippen LogP contribution in [0.3, 0.4) is 0 Å². The fourth-order valence-electron chi connectivity index (χ4n) is 2.95. The predicted octanol–water partition coefficient (Wildman–Crippen LogP) is 1.83. The van der Waals surface area contributed by atoms with Crippen molar-refractivity contribution in [2.75, 3.05) is 11.4 Å². The largest absolute Gasteiger partial charge is 0.481 e. The van der Waals surface area contributed by atoms with Crippen LogP contribution in [-0.2, 0) is 11.2 Å². The van der Waals surface area contributed by atoms with Gasteiger partial charge < -0.3 is 10.0 Å². The van der Waals surface area contributed by atoms with Crippen molar-refractivity contribution in [2.45, 2.75) is 25.8 Å². The zero-order valence-corrected chi connectivity index (χ0v) is 9.31. The fraction of sp³-hybridized carbons (Fsp3) is 0.462. The number of carbonyl (C=O) groups is 1. The van der Waals surface area contributed by atoms with Crippen LogP contribution in [0.5, 0.6) is 0 Å². The van der Waals surface area contributed by atoms with Gasteiger partial charge in [0.1, 0.15) is 0 Å². The third kappa shape index (κ3) is 1.31. The van der Waals surface area contributed by atoms with Crippen LogP contribution in [0.4, 0.5) is 5.69 Å². The second kappa shape index (κ2) is 3.24. The third-order valence-electron chi connectivity index (χ3n) is 3.77. The first-order valence-corrected chi connectivity index (χ1v) is 5.74. The number of nitrogens with zero attached hydrogens (tertiary/aromatic N) is 1. The third-order valence-corrected chi connectivity index (χ3v) is 3.77. The van der Waals surface area contributed by atoms with Gasteiger partial charge in [0, 0.05) is 18.3 Å². The first-order valence-electron chi connectivity index (χ1n) is 5.74. The van der Waals surface area contributed by atoms with Gasteiger partial charge in [0.05, 0.1) is 5.92 Å². The van der Waals surface area contributed by atoms with Crippen molar-refractivity contribution in [1.82, 2.24) is 0 Å². The number of carboxylic acid groups (broad SMARTS) is 1. The lowest BCUT2D eigenvalue weighted by Gasteiger charge is -2.18. The highest BCUT2D eigenvalue weighted by atomic mass is 16.4. The van der Waals surface area contributed by atoms with E-state index in [1.54, 1.807) is 0 Å². The maximum Gasteiger partial charge on any atom is 0.308 e. The van der Waals surface area contributed by atoms with Crippen molar-refractivity contribution >= 4 is 11.7 Å². The molecular weight excluding hydrogens is 202 g/mol. The molecule has 1 aromatic rings. The molecule has 1 saturated heterocycles. The molecule has 84 valence electrons. The first-order chi connectivity index (χ1) is 7.65. The van der Waals surface area contributed by atoms with Gasteiger partial charge in [0.25, 0.3) is 0 Å². The smallest absolute Gasteiger partial charge is 0.308 e. The van der Waals surface area contributed by atoms with Gasteiger partial charge in [-0.15, -0.1) is 0 Å². The predicted molar refractivity (Wildman–Crippen MR) is 61.8 cm³/mol. The zero-order valence-electron chi connectivity index (χ0n) is 9.31. The number of hydrogen-bond donors (Lipinski definition) is 1. The van der Waals surface area contributed by atoms with Gasteiger partial charge in [-0.2, -0.15) is 0 Å². The summed E-state index contributed by atoms with van der Waals surface area (Å²) in [5.74, 6) is -0.831. The molecular formula is C13H15NO2. The Balaban J connectivity index is 1.93. The molecule has 0 radical (unpaired) electrons. The van der Waals surface area contributed by atoms with Crippen LogP contribution in [0.2, 0.25) is 0 Å². The Hall–Kier alpha value is -1.51. The summed E-state index contributed by atoms with van der Waals surface area (Å²) >= 11 is 0. The first kappa shape index (κ1) is 9.70. The monoisotopic (exact) mass is 217 g/mol. The molecule has 16 heavy (non-hydrogen) atoms. The van der Waals surface area contributed by atoms with Crippen molar-refractivity contribution < 1.29 is 9.90 Å². The van der Waals surface area contributed by atoms with E-state index in [1.807, 2.05) is 0 Å². The van der Waals surface area contributed by atoms with Crippen molar-refractivity contribution in [3.05, 3.63) is 29.3 Å². The molecule has 0 saturated carbocycles. The fourth-order valence-corrected chi connectivity index (χ4v) is 2.95. The van der Waals surface area contributed by atoms with Gasteiger partial charge in [-0.25, -0.2) is 0 Å². The van der Waals surface area contributed by atoms with Crippen LogP contribution in [-0.4, -0.2) is 23.7 Å². The number of rotatable bonds is 1. The summed E-state index contributed by atoms with van der Waals surface area (Å²) in [5.41, 5.74) is 3.88. The summed E-state index contributed by atoms with van der Waals surface area (Å²) in [4.78, 5) is 13.3. The number of benzene rings is 1. The van der Waals surface area contributed by atoms with Crippen LogP contribution in [0.15, 0.2) is 18.2 Å². The van der Waals surface area contributed by atoms with Crippen molar-refractivity contribution in [3.8, 4) is 0 Å². The summed E-state index contributed by atoms with van der Waals surface area (Å²) in [6, 6.07) is 6.91. The Labute approximate surface area is 94.7 Å². The summed E-state index contributed by atoms with van der Waals surface area (Å²) in [7, 11) is 0. The van der Waals surface area contributed by atoms with Crippen LogP contribution in [0, 0.1) is 12.8 Å². The molecule has 0 aromatic heterocycles. The SMILES string of the molecule is Cc1ccc2c(c1)N1CC(C(=O)O)CC1C2. The maximum atomic E-state index is 11.0. The minimum absolute atomic E-state index is 0.182. The summed E-state index contributed by atoms with van der Waals surface area (Å²) in [6.07, 6.45) is 1.81. The summed E-state index contributed by atoms with van der Waals surface area (Å²) in [6.45, 7) is 2.76. The van der Waals surface area contributed by atoms with E-state index in [0.717, 1.165) is 12.8 Å². The molecule has 1 N–H and O–H groups in total. The van der Waals surface area contributed by atoms with E-state index < -0.39 is 5.97 Å². The normalized spacial score (nSPS) is 26.7. The van der Waals surface area contributed by atoms with E-state index in [2.05, 4.69) is 30.0 Å². The Morgan fingerprint density at radius 1 is 1.50 bits per heavy atom. The second-order valence-corrected chi connectivity index (χ2v) is 4.91. The maximum absolute atomic E-state index is 11.0. The van der Waals surface area contributed by atoms with Crippen molar-refractivity contribution in [1.29, 1.82) is 0 Å². The number of hydrogen-bond acceptors (Lipinski definition) is 2. The van der Waals surface area contributed by atoms with E-state index in [0.29, 0.717) is 12.6 Å². The number of fused-ring (bicyclic) bond motifs is 3. The number of aliphatic carboxylic acids is 1. The van der Waals surface area contributed by atoms with Gasteiger partial charge in [0.15, 0.2) is 0 Å². The number of aryl methyl sites for hydroxylation is 1. The van der Waals surface area contributed by atoms with Crippen LogP contribution >= 0.6 is 0 Å². The molecule has 2 unspecified atom stereocenters. The average Bonchev–Trinajstić information content (AvgIpc) is 2.75. The Morgan fingerprint density at radius 2 is 2.31 bits per heavy atom. The van der Waals surface area contributed by atoms with Crippen molar-refractivity contribution in [2.24, 2.45) is 5.92 Å². The summed E-state index contributed by atoms with van der Waals surface area (Å²) in [5, 5.41) is 9.04. The lowest BCUT2D eigenvalue weighted by atomic mass is 10.0. The standard InChI is InChI=1S/C13H15NO2/c1-8-2-3-9-5-11-6-10(13(15)16)7-14(11)12(9)4-8/h2-4,10-11H,5-7H2,1H3,(H,15,16). The Bertz CT molecular complexity index is 455. The highest BCUT2D eigenvalue weighted by molar-refractivity contribution is 5.74. The summed E-state index contributed by atoms with van der Waals surface area (Å²) < 4.78 is 0. The molecule has 0 spiro atoms. The lowest BCUT2D eigenvalue weighted by molar-refractivity contribution is -0.141. The van der Waals surface area contributed by atoms with Gasteiger partial charge >= 0.3 is 5.97 Å². The molecule has 1 aromatic carbocycles. The van der Waals surface area contributed by atoms with Crippen LogP contribution < -0.4 is 4.90 Å². The average molecular weight is 217 g/mol. The highest BCUT2D eigenvalue weighted by Crippen LogP contribution is 2.40. The van der Waals surface area contributed by atoms with Gasteiger partial charge in [0.2, 0.25) is 0 Å². The molecule has 3 nitrogen and oxygen atoms in total. The molecule has 3 heteroatoms. The number of carboxylic acids is 1. The topological polar surface area (TPSA) is 40.5 Å². The quantitative estimate of drug-likeness (QED) is 0.780. The van der Waals surface area contributed by atoms with E-state index in [4.69, 9.17) is 5.11 Å². The number of anilines is 1. The minimum atomic E-state index is -0.649. The van der Waals surface area contributed by atoms with E-state index >= 15 is 0 Å². The molecule has 0 bridgehead atoms. The molecule has 2 aliphatic heterocycles. The Kier molecular flexibility index (Phi) is 1.96. The van der Waals surface area contributed by atoms with E-state index in [9.17, 15) is 4.79 Å². The van der Waals surface area contributed by atoms with Gasteiger partial charge in [-0.05, 0) is 37.0 Å². The molecule has 2 heterocycles. The zero-order chi connectivity index (χ0) is 11.3. The lowest BCUT2D eigenvalue weighted by Crippen LogP contribution is -2.25. The Morgan fingerprint density at radius 3 is 3.06 bits per heavy atom. The molecule has 0 amide bonds. The molecule has 2 aliphatic rings. The minimum Gasteiger partial charge on any atom is -0.481 e. The highest BCUT2D eigenvalue weighted by Gasteiger charge is 2.40. The van der Waals surface area contributed by atoms with Crippen LogP contribution in [0.1, 0.15) is 17.5 Å². The van der Waals surface area contributed by atoms with Crippen molar-refractivity contribution in [3.63, 3.8) is 0 Å². The molecule has 2 atom stereocenters. The van der Waals surface area contributed by atoms with E-state index in [-0.39, 0.29) is 5.92 Å². The van der Waals surface area contributed by atoms with Gasteiger partial charge in [-0.1, -0.05) is 12.1 Å². The van der Waals surface area contributed by atoms with Crippen LogP contribution in [0.25, 0.3) is 0 Å². The molecule has 3 rings (SSSR count). The second-order valence-electron chi connectivity index (χ2n) is 4.91. The van der Waals surface area contributed by atoms with Gasteiger partial charge in [-0.3, -0.25) is 4.79 Å². The van der Waals surface area contributed by atoms with E-state index in [1.165, 1.54) is 16.8 Å². The molecule has 1 fully saturated rings. The molecule has 0 aliphatic carbocycles.